The van der Waals surface area contributed by atoms with Crippen molar-refractivity contribution in [1.29, 1.82) is 0 Å². The number of nitro groups is 1. The molecule has 1 aromatic rings. The highest BCUT2D eigenvalue weighted by Crippen LogP contribution is 2.30. The highest BCUT2D eigenvalue weighted by atomic mass is 32.2. The Kier molecular flexibility index (Phi) is 4.20. The van der Waals surface area contributed by atoms with Crippen molar-refractivity contribution < 1.29 is 13.3 Å². The number of anilines is 1. The van der Waals surface area contributed by atoms with Crippen LogP contribution in [-0.2, 0) is 10.0 Å². The SMILES string of the molecule is Cc1cc(N)c([N+](=O)[O-])cc1S(=O)(=O)NC1CCC(C)C1. The fourth-order valence-corrected chi connectivity index (χ4v) is 4.27. The summed E-state index contributed by atoms with van der Waals surface area (Å²) in [5.74, 6) is 0.486. The van der Waals surface area contributed by atoms with Crippen molar-refractivity contribution >= 4 is 21.4 Å². The Morgan fingerprint density at radius 3 is 2.57 bits per heavy atom. The average Bonchev–Trinajstić information content (AvgIpc) is 2.72. The molecule has 116 valence electrons. The zero-order valence-electron chi connectivity index (χ0n) is 12.0. The van der Waals surface area contributed by atoms with E-state index in [1.54, 1.807) is 6.92 Å². The van der Waals surface area contributed by atoms with Crippen LogP contribution in [0.15, 0.2) is 17.0 Å². The normalized spacial score (nSPS) is 22.4. The number of nitro benzene ring substituents is 1. The van der Waals surface area contributed by atoms with Gasteiger partial charge in [-0.1, -0.05) is 6.92 Å². The number of nitrogen functional groups attached to an aromatic ring is 1. The molecule has 3 N–H and O–H groups in total. The lowest BCUT2D eigenvalue weighted by atomic mass is 10.1. The number of sulfonamides is 1. The van der Waals surface area contributed by atoms with Gasteiger partial charge in [-0.15, -0.1) is 0 Å². The molecule has 1 fully saturated rings. The molecule has 0 spiro atoms. The van der Waals surface area contributed by atoms with Crippen LogP contribution in [0.1, 0.15) is 31.7 Å². The number of nitrogens with two attached hydrogens (primary N) is 1. The first kappa shape index (κ1) is 15.7. The molecule has 0 bridgehead atoms. The second kappa shape index (κ2) is 5.61. The minimum Gasteiger partial charge on any atom is -0.393 e. The maximum absolute atomic E-state index is 12.4. The molecule has 0 heterocycles. The lowest BCUT2D eigenvalue weighted by molar-refractivity contribution is -0.384. The van der Waals surface area contributed by atoms with Crippen LogP contribution in [0.5, 0.6) is 0 Å². The number of hydrogen-bond donors (Lipinski definition) is 2. The van der Waals surface area contributed by atoms with Crippen LogP contribution in [0.25, 0.3) is 0 Å². The lowest BCUT2D eigenvalue weighted by Gasteiger charge is -2.15. The summed E-state index contributed by atoms with van der Waals surface area (Å²) in [6.45, 7) is 3.65. The molecule has 0 amide bonds. The third-order valence-corrected chi connectivity index (χ3v) is 5.49. The summed E-state index contributed by atoms with van der Waals surface area (Å²) in [5, 5.41) is 10.9. The molecule has 1 aliphatic carbocycles. The lowest BCUT2D eigenvalue weighted by Crippen LogP contribution is -2.33. The third-order valence-electron chi connectivity index (χ3n) is 3.83. The van der Waals surface area contributed by atoms with Crippen LogP contribution in [-0.4, -0.2) is 19.4 Å². The Morgan fingerprint density at radius 2 is 2.05 bits per heavy atom. The number of rotatable bonds is 4. The molecule has 0 radical (unpaired) electrons. The van der Waals surface area contributed by atoms with E-state index in [0.717, 1.165) is 25.3 Å². The second-order valence-electron chi connectivity index (χ2n) is 5.67. The molecule has 2 atom stereocenters. The third kappa shape index (κ3) is 3.33. The van der Waals surface area contributed by atoms with Gasteiger partial charge in [-0.05, 0) is 43.7 Å². The first-order valence-electron chi connectivity index (χ1n) is 6.77. The minimum atomic E-state index is -3.78. The predicted octanol–water partition coefficient (Wildman–Crippen LogP) is 1.95. The van der Waals surface area contributed by atoms with E-state index in [9.17, 15) is 18.5 Å². The largest absolute Gasteiger partial charge is 0.393 e. The van der Waals surface area contributed by atoms with Crippen molar-refractivity contribution in [3.05, 3.63) is 27.8 Å². The first-order valence-corrected chi connectivity index (χ1v) is 8.26. The molecule has 0 saturated heterocycles. The molecule has 1 aliphatic rings. The minimum absolute atomic E-state index is 0.0362. The van der Waals surface area contributed by atoms with E-state index in [-0.39, 0.29) is 22.3 Å². The van der Waals surface area contributed by atoms with Gasteiger partial charge in [-0.25, -0.2) is 13.1 Å². The summed E-state index contributed by atoms with van der Waals surface area (Å²) in [4.78, 5) is 10.2. The van der Waals surface area contributed by atoms with Gasteiger partial charge in [0.1, 0.15) is 5.69 Å². The van der Waals surface area contributed by atoms with E-state index in [0.29, 0.717) is 11.5 Å². The zero-order chi connectivity index (χ0) is 15.8. The number of benzene rings is 1. The van der Waals surface area contributed by atoms with Gasteiger partial charge in [0, 0.05) is 12.1 Å². The Morgan fingerprint density at radius 1 is 1.38 bits per heavy atom. The van der Waals surface area contributed by atoms with Gasteiger partial charge in [0.05, 0.1) is 9.82 Å². The van der Waals surface area contributed by atoms with E-state index in [2.05, 4.69) is 11.6 Å². The summed E-state index contributed by atoms with van der Waals surface area (Å²) < 4.78 is 27.5. The van der Waals surface area contributed by atoms with Gasteiger partial charge in [-0.3, -0.25) is 10.1 Å². The van der Waals surface area contributed by atoms with E-state index in [4.69, 9.17) is 5.73 Å². The number of nitrogens with one attached hydrogen (secondary N) is 1. The Hall–Kier alpha value is -1.67. The van der Waals surface area contributed by atoms with Crippen molar-refractivity contribution in [2.75, 3.05) is 5.73 Å². The first-order chi connectivity index (χ1) is 9.70. The summed E-state index contributed by atoms with van der Waals surface area (Å²) in [6, 6.07) is 2.25. The topological polar surface area (TPSA) is 115 Å². The van der Waals surface area contributed by atoms with E-state index in [1.165, 1.54) is 6.07 Å². The molecule has 2 rings (SSSR count). The summed E-state index contributed by atoms with van der Waals surface area (Å²) >= 11 is 0. The predicted molar refractivity (Wildman–Crippen MR) is 79.4 cm³/mol. The zero-order valence-corrected chi connectivity index (χ0v) is 12.8. The van der Waals surface area contributed by atoms with Crippen LogP contribution in [0.4, 0.5) is 11.4 Å². The molecule has 21 heavy (non-hydrogen) atoms. The Bertz CT molecular complexity index is 672. The summed E-state index contributed by atoms with van der Waals surface area (Å²) in [6.07, 6.45) is 2.56. The van der Waals surface area contributed by atoms with Crippen LogP contribution < -0.4 is 10.5 Å². The van der Waals surface area contributed by atoms with Crippen LogP contribution >= 0.6 is 0 Å². The average molecular weight is 313 g/mol. The molecule has 1 aromatic carbocycles. The van der Waals surface area contributed by atoms with E-state index in [1.807, 2.05) is 0 Å². The number of aryl methyl sites for hydroxylation is 1. The van der Waals surface area contributed by atoms with E-state index >= 15 is 0 Å². The molecule has 2 unspecified atom stereocenters. The fourth-order valence-electron chi connectivity index (χ4n) is 2.74. The van der Waals surface area contributed by atoms with Crippen LogP contribution in [0.2, 0.25) is 0 Å². The van der Waals surface area contributed by atoms with Gasteiger partial charge >= 0.3 is 0 Å². The quantitative estimate of drug-likeness (QED) is 0.501. The number of hydrogen-bond acceptors (Lipinski definition) is 5. The van der Waals surface area contributed by atoms with Gasteiger partial charge in [-0.2, -0.15) is 0 Å². The van der Waals surface area contributed by atoms with Gasteiger partial charge in [0.2, 0.25) is 10.0 Å². The maximum Gasteiger partial charge on any atom is 0.293 e. The number of nitrogens with zero attached hydrogens (tertiary/aromatic N) is 1. The van der Waals surface area contributed by atoms with Crippen molar-refractivity contribution in [2.45, 2.75) is 44.0 Å². The maximum atomic E-state index is 12.4. The summed E-state index contributed by atoms with van der Waals surface area (Å²) in [7, 11) is -3.78. The molecular formula is C13H19N3O4S. The second-order valence-corrected chi connectivity index (χ2v) is 7.35. The monoisotopic (exact) mass is 313 g/mol. The van der Waals surface area contributed by atoms with Crippen LogP contribution in [0.3, 0.4) is 0 Å². The van der Waals surface area contributed by atoms with Crippen molar-refractivity contribution in [3.8, 4) is 0 Å². The highest BCUT2D eigenvalue weighted by Gasteiger charge is 2.29. The van der Waals surface area contributed by atoms with Crippen molar-refractivity contribution in [3.63, 3.8) is 0 Å². The Labute approximate surface area is 123 Å². The molecule has 8 heteroatoms. The van der Waals surface area contributed by atoms with E-state index < -0.39 is 14.9 Å². The smallest absolute Gasteiger partial charge is 0.293 e. The molecule has 7 nitrogen and oxygen atoms in total. The fraction of sp³-hybridized carbons (Fsp3) is 0.538. The molecular weight excluding hydrogens is 294 g/mol. The highest BCUT2D eigenvalue weighted by molar-refractivity contribution is 7.89. The van der Waals surface area contributed by atoms with Crippen LogP contribution in [0, 0.1) is 23.0 Å². The molecule has 0 aliphatic heterocycles. The van der Waals surface area contributed by atoms with Crippen molar-refractivity contribution in [2.24, 2.45) is 5.92 Å². The van der Waals surface area contributed by atoms with Gasteiger partial charge < -0.3 is 5.73 Å². The molecule has 1 saturated carbocycles. The Balaban J connectivity index is 2.35. The van der Waals surface area contributed by atoms with Gasteiger partial charge in [0.15, 0.2) is 0 Å². The van der Waals surface area contributed by atoms with Gasteiger partial charge in [0.25, 0.3) is 5.69 Å². The molecule has 0 aromatic heterocycles. The van der Waals surface area contributed by atoms with Crippen molar-refractivity contribution in [1.82, 2.24) is 4.72 Å². The standard InChI is InChI=1S/C13H19N3O4S/c1-8-3-4-10(5-8)15-21(19,20)13-7-12(16(17)18)11(14)6-9(13)2/h6-8,10,15H,3-5,14H2,1-2H3. The summed E-state index contributed by atoms with van der Waals surface area (Å²) in [5.41, 5.74) is 5.53.